The van der Waals surface area contributed by atoms with Gasteiger partial charge in [-0.1, -0.05) is 6.42 Å². The minimum Gasteiger partial charge on any atom is -0.496 e. The van der Waals surface area contributed by atoms with Crippen molar-refractivity contribution in [1.29, 1.82) is 0 Å². The Morgan fingerprint density at radius 1 is 1.07 bits per heavy atom. The van der Waals surface area contributed by atoms with E-state index >= 15 is 0 Å². The van der Waals surface area contributed by atoms with E-state index in [2.05, 4.69) is 27.6 Å². The second-order valence-corrected chi connectivity index (χ2v) is 7.98. The van der Waals surface area contributed by atoms with Gasteiger partial charge < -0.3 is 29.7 Å². The second kappa shape index (κ2) is 11.8. The summed E-state index contributed by atoms with van der Waals surface area (Å²) in [5.41, 5.74) is 1.02. The second-order valence-electron chi connectivity index (χ2n) is 7.98. The molecule has 0 spiro atoms. The lowest BCUT2D eigenvalue weighted by Gasteiger charge is -2.47. The number of nitrogens with one attached hydrogen (secondary N) is 2. The van der Waals surface area contributed by atoms with Crippen LogP contribution in [0.15, 0.2) is 17.1 Å². The highest BCUT2D eigenvalue weighted by atomic mass is 127. The summed E-state index contributed by atoms with van der Waals surface area (Å²) in [6, 6.07) is 5.67. The zero-order valence-corrected chi connectivity index (χ0v) is 21.2. The lowest BCUT2D eigenvalue weighted by molar-refractivity contribution is 0.0526. The zero-order chi connectivity index (χ0) is 20.8. The average Bonchev–Trinajstić information content (AvgIpc) is 2.73. The largest absolute Gasteiger partial charge is 0.496 e. The minimum atomic E-state index is 0. The lowest BCUT2D eigenvalue weighted by atomic mass is 9.82. The number of guanidine groups is 1. The highest BCUT2D eigenvalue weighted by Crippen LogP contribution is 2.34. The molecule has 30 heavy (non-hydrogen) atoms. The molecule has 2 unspecified atom stereocenters. The predicted molar refractivity (Wildman–Crippen MR) is 132 cm³/mol. The smallest absolute Gasteiger partial charge is 0.191 e. The molecule has 1 aromatic rings. The van der Waals surface area contributed by atoms with Gasteiger partial charge in [-0.3, -0.25) is 4.99 Å². The number of ether oxygens (including phenoxy) is 3. The van der Waals surface area contributed by atoms with Gasteiger partial charge in [0.25, 0.3) is 0 Å². The van der Waals surface area contributed by atoms with E-state index in [1.807, 2.05) is 19.2 Å². The van der Waals surface area contributed by atoms with Crippen LogP contribution in [0.5, 0.6) is 17.2 Å². The van der Waals surface area contributed by atoms with Crippen molar-refractivity contribution in [1.82, 2.24) is 15.5 Å². The Kier molecular flexibility index (Phi) is 9.80. The molecule has 0 radical (unpaired) electrons. The Hall–Kier alpha value is -1.42. The molecule has 3 rings (SSSR count). The summed E-state index contributed by atoms with van der Waals surface area (Å²) in [6.07, 6.45) is 7.13. The number of fused-ring (bicyclic) bond motifs is 2. The van der Waals surface area contributed by atoms with Gasteiger partial charge in [0.2, 0.25) is 0 Å². The molecule has 2 heterocycles. The standard InChI is InChI=1S/C22H36N4O3.HI/c1-23-22(25-15-11-16-7-6-8-17(12-15)26(16)2)24-10-9-19-20(28-4)13-18(27-3)14-21(19)29-5;/h13-17H,6-12H2,1-5H3,(H2,23,24,25);1H. The van der Waals surface area contributed by atoms with Crippen molar-refractivity contribution >= 4 is 29.9 Å². The van der Waals surface area contributed by atoms with Crippen LogP contribution in [0.25, 0.3) is 0 Å². The number of rotatable bonds is 7. The van der Waals surface area contributed by atoms with E-state index in [1.165, 1.54) is 32.1 Å². The first-order chi connectivity index (χ1) is 14.1. The normalized spacial score (nSPS) is 23.9. The molecule has 2 aliphatic heterocycles. The van der Waals surface area contributed by atoms with Crippen molar-refractivity contribution in [2.45, 2.75) is 56.7 Å². The Morgan fingerprint density at radius 3 is 2.17 bits per heavy atom. The van der Waals surface area contributed by atoms with Gasteiger partial charge in [-0.2, -0.15) is 0 Å². The maximum atomic E-state index is 5.55. The summed E-state index contributed by atoms with van der Waals surface area (Å²) in [6.45, 7) is 0.734. The lowest BCUT2D eigenvalue weighted by Crippen LogP contribution is -2.56. The third kappa shape index (κ3) is 5.84. The summed E-state index contributed by atoms with van der Waals surface area (Å²) in [5, 5.41) is 7.10. The molecular formula is C22H37IN4O3. The first-order valence-electron chi connectivity index (χ1n) is 10.6. The SMILES string of the molecule is CN=C(NCCc1c(OC)cc(OC)cc1OC)NC1CC2CCCC(C1)N2C.I. The van der Waals surface area contributed by atoms with Crippen molar-refractivity contribution in [2.75, 3.05) is 42.0 Å². The molecule has 2 N–H and O–H groups in total. The maximum Gasteiger partial charge on any atom is 0.191 e. The third-order valence-corrected chi connectivity index (χ3v) is 6.39. The average molecular weight is 532 g/mol. The number of aliphatic imine (C=N–C) groups is 1. The summed E-state index contributed by atoms with van der Waals surface area (Å²) < 4.78 is 16.4. The maximum absolute atomic E-state index is 5.55. The van der Waals surface area contributed by atoms with E-state index < -0.39 is 0 Å². The predicted octanol–water partition coefficient (Wildman–Crippen LogP) is 3.05. The molecule has 2 saturated heterocycles. The van der Waals surface area contributed by atoms with Gasteiger partial charge in [0, 0.05) is 49.4 Å². The van der Waals surface area contributed by atoms with E-state index in [0.717, 1.165) is 41.7 Å². The molecule has 170 valence electrons. The van der Waals surface area contributed by atoms with E-state index in [0.29, 0.717) is 18.1 Å². The molecule has 2 aliphatic rings. The zero-order valence-electron chi connectivity index (χ0n) is 18.9. The van der Waals surface area contributed by atoms with Crippen LogP contribution in [0.2, 0.25) is 0 Å². The van der Waals surface area contributed by atoms with Crippen molar-refractivity contribution in [3.8, 4) is 17.2 Å². The molecule has 7 nitrogen and oxygen atoms in total. The highest BCUT2D eigenvalue weighted by Gasteiger charge is 2.36. The molecule has 1 aromatic carbocycles. The molecule has 0 amide bonds. The van der Waals surface area contributed by atoms with E-state index in [4.69, 9.17) is 14.2 Å². The third-order valence-electron chi connectivity index (χ3n) is 6.39. The fraction of sp³-hybridized carbons (Fsp3) is 0.682. The number of piperidine rings is 2. The topological polar surface area (TPSA) is 67.4 Å². The van der Waals surface area contributed by atoms with Crippen LogP contribution < -0.4 is 24.8 Å². The number of halogens is 1. The van der Waals surface area contributed by atoms with E-state index in [-0.39, 0.29) is 24.0 Å². The monoisotopic (exact) mass is 532 g/mol. The van der Waals surface area contributed by atoms with Crippen LogP contribution in [0, 0.1) is 0 Å². The molecule has 8 heteroatoms. The van der Waals surface area contributed by atoms with Gasteiger partial charge in [-0.25, -0.2) is 0 Å². The van der Waals surface area contributed by atoms with Gasteiger partial charge in [0.05, 0.1) is 21.3 Å². The Bertz CT molecular complexity index is 677. The van der Waals surface area contributed by atoms with Crippen LogP contribution in [0.3, 0.4) is 0 Å². The first kappa shape index (κ1) is 24.8. The molecule has 0 aromatic heterocycles. The van der Waals surface area contributed by atoms with Gasteiger partial charge in [0.15, 0.2) is 5.96 Å². The minimum absolute atomic E-state index is 0. The molecular weight excluding hydrogens is 495 g/mol. The van der Waals surface area contributed by atoms with Crippen LogP contribution in [0.1, 0.15) is 37.7 Å². The first-order valence-corrected chi connectivity index (χ1v) is 10.6. The van der Waals surface area contributed by atoms with E-state index in [9.17, 15) is 0 Å². The molecule has 0 aliphatic carbocycles. The Balaban J connectivity index is 0.00000320. The fourth-order valence-electron chi connectivity index (χ4n) is 4.75. The fourth-order valence-corrected chi connectivity index (χ4v) is 4.75. The number of hydrogen-bond donors (Lipinski definition) is 2. The highest BCUT2D eigenvalue weighted by molar-refractivity contribution is 14.0. The quantitative estimate of drug-likeness (QED) is 0.320. The van der Waals surface area contributed by atoms with Gasteiger partial charge in [-0.15, -0.1) is 24.0 Å². The number of hydrogen-bond acceptors (Lipinski definition) is 5. The number of benzene rings is 1. The summed E-state index contributed by atoms with van der Waals surface area (Å²) in [4.78, 5) is 7.02. The van der Waals surface area contributed by atoms with Crippen LogP contribution in [-0.4, -0.2) is 71.0 Å². The van der Waals surface area contributed by atoms with Gasteiger partial charge >= 0.3 is 0 Å². The Labute approximate surface area is 197 Å². The van der Waals surface area contributed by atoms with Crippen molar-refractivity contribution in [3.05, 3.63) is 17.7 Å². The summed E-state index contributed by atoms with van der Waals surface area (Å²) in [7, 11) is 9.10. The molecule has 2 atom stereocenters. The molecule has 2 bridgehead atoms. The molecule has 0 saturated carbocycles. The summed E-state index contributed by atoms with van der Waals surface area (Å²) in [5.74, 6) is 3.13. The molecule has 2 fully saturated rings. The van der Waals surface area contributed by atoms with E-state index in [1.54, 1.807) is 21.3 Å². The number of nitrogens with zero attached hydrogens (tertiary/aromatic N) is 2. The number of methoxy groups -OCH3 is 3. The van der Waals surface area contributed by atoms with Crippen molar-refractivity contribution in [3.63, 3.8) is 0 Å². The van der Waals surface area contributed by atoms with Gasteiger partial charge in [0.1, 0.15) is 17.2 Å². The van der Waals surface area contributed by atoms with Crippen LogP contribution >= 0.6 is 24.0 Å². The van der Waals surface area contributed by atoms with Gasteiger partial charge in [-0.05, 0) is 39.2 Å². The van der Waals surface area contributed by atoms with Crippen molar-refractivity contribution < 1.29 is 14.2 Å². The van der Waals surface area contributed by atoms with Crippen LogP contribution in [0.4, 0.5) is 0 Å². The summed E-state index contributed by atoms with van der Waals surface area (Å²) >= 11 is 0. The van der Waals surface area contributed by atoms with Crippen LogP contribution in [-0.2, 0) is 6.42 Å². The van der Waals surface area contributed by atoms with Crippen molar-refractivity contribution in [2.24, 2.45) is 4.99 Å². The Morgan fingerprint density at radius 2 is 1.67 bits per heavy atom.